The molecule has 0 aromatic heterocycles. The van der Waals surface area contributed by atoms with Gasteiger partial charge in [-0.3, -0.25) is 4.90 Å². The maximum Gasteiger partial charge on any atom is 0.328 e. The molecule has 0 spiro atoms. The van der Waals surface area contributed by atoms with Crippen LogP contribution in [0.1, 0.15) is 5.56 Å². The Morgan fingerprint density at radius 3 is 2.94 bits per heavy atom. The fourth-order valence-corrected chi connectivity index (χ4v) is 1.35. The number of halogens is 1. The maximum absolute atomic E-state index is 12.9. The smallest absolute Gasteiger partial charge is 0.328 e. The molecule has 16 heavy (non-hydrogen) atoms. The fourth-order valence-electron chi connectivity index (χ4n) is 1.35. The summed E-state index contributed by atoms with van der Waals surface area (Å²) in [6, 6.07) is 6.36. The van der Waals surface area contributed by atoms with E-state index in [0.717, 1.165) is 11.6 Å². The van der Waals surface area contributed by atoms with E-state index in [1.54, 1.807) is 12.1 Å². The van der Waals surface area contributed by atoms with Crippen LogP contribution in [0.2, 0.25) is 0 Å². The minimum atomic E-state index is -0.959. The first-order valence-electron chi connectivity index (χ1n) is 4.90. The Balaban J connectivity index is 2.45. The topological polar surface area (TPSA) is 40.5 Å². The van der Waals surface area contributed by atoms with Crippen LogP contribution in [0.25, 0.3) is 0 Å². The van der Waals surface area contributed by atoms with Crippen molar-refractivity contribution in [3.05, 3.63) is 47.8 Å². The van der Waals surface area contributed by atoms with E-state index in [4.69, 9.17) is 5.11 Å². The number of carboxylic acids is 1. The van der Waals surface area contributed by atoms with Crippen molar-refractivity contribution < 1.29 is 14.3 Å². The fraction of sp³-hybridized carbons (Fsp3) is 0.250. The summed E-state index contributed by atoms with van der Waals surface area (Å²) in [7, 11) is 1.84. The van der Waals surface area contributed by atoms with Crippen LogP contribution in [0.4, 0.5) is 4.39 Å². The predicted molar refractivity (Wildman–Crippen MR) is 59.5 cm³/mol. The average Bonchev–Trinajstić information content (AvgIpc) is 2.16. The number of aliphatic carboxylic acids is 1. The molecule has 0 fully saturated rings. The summed E-state index contributed by atoms with van der Waals surface area (Å²) in [5, 5.41) is 8.40. The third-order valence-corrected chi connectivity index (χ3v) is 2.02. The third kappa shape index (κ3) is 4.70. The molecule has 0 aliphatic rings. The number of hydrogen-bond acceptors (Lipinski definition) is 2. The molecule has 4 heteroatoms. The Morgan fingerprint density at radius 1 is 1.56 bits per heavy atom. The van der Waals surface area contributed by atoms with E-state index in [1.807, 2.05) is 18.0 Å². The van der Waals surface area contributed by atoms with Crippen molar-refractivity contribution in [1.82, 2.24) is 4.90 Å². The summed E-state index contributed by atoms with van der Waals surface area (Å²) in [6.45, 7) is 1.10. The quantitative estimate of drug-likeness (QED) is 0.775. The second kappa shape index (κ2) is 6.02. The minimum absolute atomic E-state index is 0.257. The summed E-state index contributed by atoms with van der Waals surface area (Å²) in [5.74, 6) is -1.22. The molecule has 1 rings (SSSR count). The van der Waals surface area contributed by atoms with Gasteiger partial charge in [0.25, 0.3) is 0 Å². The highest BCUT2D eigenvalue weighted by Gasteiger charge is 1.99. The molecule has 86 valence electrons. The van der Waals surface area contributed by atoms with Crippen LogP contribution in [0, 0.1) is 5.82 Å². The summed E-state index contributed by atoms with van der Waals surface area (Å²) >= 11 is 0. The Morgan fingerprint density at radius 2 is 2.31 bits per heavy atom. The lowest BCUT2D eigenvalue weighted by atomic mass is 10.2. The molecule has 0 saturated carbocycles. The van der Waals surface area contributed by atoms with Crippen LogP contribution in [0.15, 0.2) is 36.4 Å². The van der Waals surface area contributed by atoms with Crippen LogP contribution in [0.5, 0.6) is 0 Å². The van der Waals surface area contributed by atoms with Gasteiger partial charge in [0, 0.05) is 19.2 Å². The van der Waals surface area contributed by atoms with E-state index in [1.165, 1.54) is 12.1 Å². The molecule has 0 aliphatic heterocycles. The molecule has 3 nitrogen and oxygen atoms in total. The first kappa shape index (κ1) is 12.4. The second-order valence-electron chi connectivity index (χ2n) is 3.57. The van der Waals surface area contributed by atoms with E-state index in [9.17, 15) is 9.18 Å². The molecule has 0 saturated heterocycles. The van der Waals surface area contributed by atoms with Crippen molar-refractivity contribution in [2.24, 2.45) is 0 Å². The van der Waals surface area contributed by atoms with Gasteiger partial charge in [-0.25, -0.2) is 9.18 Å². The van der Waals surface area contributed by atoms with Gasteiger partial charge in [0.2, 0.25) is 0 Å². The summed E-state index contributed by atoms with van der Waals surface area (Å²) in [4.78, 5) is 12.1. The normalized spacial score (nSPS) is 11.2. The highest BCUT2D eigenvalue weighted by molar-refractivity contribution is 5.79. The molecule has 0 aliphatic carbocycles. The molecule has 0 unspecified atom stereocenters. The zero-order chi connectivity index (χ0) is 12.0. The van der Waals surface area contributed by atoms with E-state index in [-0.39, 0.29) is 5.82 Å². The molecule has 1 aromatic rings. The van der Waals surface area contributed by atoms with Crippen LogP contribution >= 0.6 is 0 Å². The second-order valence-corrected chi connectivity index (χ2v) is 3.57. The average molecular weight is 223 g/mol. The molecule has 1 aromatic carbocycles. The van der Waals surface area contributed by atoms with E-state index in [0.29, 0.717) is 13.1 Å². The highest BCUT2D eigenvalue weighted by Crippen LogP contribution is 2.05. The maximum atomic E-state index is 12.9. The molecule has 1 N–H and O–H groups in total. The predicted octanol–water partition coefficient (Wildman–Crippen LogP) is 1.90. The molecule has 0 heterocycles. The molecule has 0 amide bonds. The van der Waals surface area contributed by atoms with Gasteiger partial charge in [-0.2, -0.15) is 0 Å². The number of benzene rings is 1. The van der Waals surface area contributed by atoms with Gasteiger partial charge >= 0.3 is 5.97 Å². The van der Waals surface area contributed by atoms with E-state index < -0.39 is 5.97 Å². The summed E-state index contributed by atoms with van der Waals surface area (Å²) < 4.78 is 12.9. The van der Waals surface area contributed by atoms with E-state index in [2.05, 4.69) is 0 Å². The van der Waals surface area contributed by atoms with Gasteiger partial charge in [0.05, 0.1) is 0 Å². The monoisotopic (exact) mass is 223 g/mol. The zero-order valence-corrected chi connectivity index (χ0v) is 9.06. The standard InChI is InChI=1S/C12H14FNO2/c1-14(7-3-6-12(15)16)9-10-4-2-5-11(13)8-10/h2-6,8H,7,9H2,1H3,(H,15,16)/b6-3+. The van der Waals surface area contributed by atoms with Gasteiger partial charge in [-0.15, -0.1) is 0 Å². The van der Waals surface area contributed by atoms with Crippen LogP contribution < -0.4 is 0 Å². The lowest BCUT2D eigenvalue weighted by Gasteiger charge is -2.13. The Hall–Kier alpha value is -1.68. The van der Waals surface area contributed by atoms with Crippen LogP contribution in [0.3, 0.4) is 0 Å². The SMILES string of the molecule is CN(C/C=C/C(=O)O)Cc1cccc(F)c1. The molecule has 0 bridgehead atoms. The zero-order valence-electron chi connectivity index (χ0n) is 9.06. The number of carbonyl (C=O) groups is 1. The van der Waals surface area contributed by atoms with Gasteiger partial charge in [0.1, 0.15) is 5.82 Å². The molecular formula is C12H14FNO2. The third-order valence-electron chi connectivity index (χ3n) is 2.02. The number of carboxylic acid groups (broad SMARTS) is 1. The van der Waals surface area contributed by atoms with Crippen molar-refractivity contribution >= 4 is 5.97 Å². The number of likely N-dealkylation sites (N-methyl/N-ethyl adjacent to an activating group) is 1. The van der Waals surface area contributed by atoms with Crippen LogP contribution in [-0.4, -0.2) is 29.6 Å². The van der Waals surface area contributed by atoms with Crippen molar-refractivity contribution in [1.29, 1.82) is 0 Å². The summed E-state index contributed by atoms with van der Waals surface area (Å²) in [6.07, 6.45) is 2.66. The van der Waals surface area contributed by atoms with Crippen molar-refractivity contribution in [3.63, 3.8) is 0 Å². The van der Waals surface area contributed by atoms with Gasteiger partial charge < -0.3 is 5.11 Å². The Bertz CT molecular complexity index is 390. The Labute approximate surface area is 93.8 Å². The first-order chi connectivity index (χ1) is 7.58. The molecular weight excluding hydrogens is 209 g/mol. The largest absolute Gasteiger partial charge is 0.478 e. The minimum Gasteiger partial charge on any atom is -0.478 e. The molecule has 0 radical (unpaired) electrons. The Kier molecular flexibility index (Phi) is 4.66. The van der Waals surface area contributed by atoms with Gasteiger partial charge in [-0.05, 0) is 24.7 Å². The van der Waals surface area contributed by atoms with Crippen LogP contribution in [-0.2, 0) is 11.3 Å². The lowest BCUT2D eigenvalue weighted by Crippen LogP contribution is -2.17. The number of nitrogens with zero attached hydrogens (tertiary/aromatic N) is 1. The summed E-state index contributed by atoms with van der Waals surface area (Å²) in [5.41, 5.74) is 0.867. The van der Waals surface area contributed by atoms with Crippen molar-refractivity contribution in [2.75, 3.05) is 13.6 Å². The first-order valence-corrected chi connectivity index (χ1v) is 4.90. The highest BCUT2D eigenvalue weighted by atomic mass is 19.1. The molecule has 0 atom stereocenters. The number of rotatable bonds is 5. The number of hydrogen-bond donors (Lipinski definition) is 1. The lowest BCUT2D eigenvalue weighted by molar-refractivity contribution is -0.131. The van der Waals surface area contributed by atoms with Gasteiger partial charge in [-0.1, -0.05) is 18.2 Å². The van der Waals surface area contributed by atoms with Crippen molar-refractivity contribution in [3.8, 4) is 0 Å². The van der Waals surface area contributed by atoms with Crippen molar-refractivity contribution in [2.45, 2.75) is 6.54 Å². The van der Waals surface area contributed by atoms with E-state index >= 15 is 0 Å². The van der Waals surface area contributed by atoms with Gasteiger partial charge in [0.15, 0.2) is 0 Å².